The van der Waals surface area contributed by atoms with Gasteiger partial charge in [0, 0.05) is 42.6 Å². The number of halogens is 1. The number of methoxy groups -OCH3 is 1. The summed E-state index contributed by atoms with van der Waals surface area (Å²) in [4.78, 5) is 29.0. The number of aryl methyl sites for hydroxylation is 1. The number of carbonyl (C=O) groups is 2. The monoisotopic (exact) mass is 679 g/mol. The fraction of sp³-hybridized carbons (Fsp3) is 0.568. The lowest BCUT2D eigenvalue weighted by Gasteiger charge is -2.46. The summed E-state index contributed by atoms with van der Waals surface area (Å²) in [5.74, 6) is 1.32. The van der Waals surface area contributed by atoms with Crippen molar-refractivity contribution in [1.29, 1.82) is 0 Å². The summed E-state index contributed by atoms with van der Waals surface area (Å²) < 4.78 is 33.7. The largest absolute Gasteiger partial charge is 0.490 e. The lowest BCUT2D eigenvalue weighted by Crippen LogP contribution is -2.49. The number of nitrogens with one attached hydrogen (secondary N) is 1. The first-order valence-corrected chi connectivity index (χ1v) is 19.4. The van der Waals surface area contributed by atoms with E-state index in [9.17, 15) is 13.8 Å². The van der Waals surface area contributed by atoms with Gasteiger partial charge < -0.3 is 14.4 Å². The first-order valence-electron chi connectivity index (χ1n) is 17.3. The summed E-state index contributed by atoms with van der Waals surface area (Å²) in [5.41, 5.74) is 3.54. The Morgan fingerprint density at radius 1 is 1.17 bits per heavy atom. The molecule has 2 fully saturated rings. The maximum absolute atomic E-state index is 14.1. The third-order valence-corrected chi connectivity index (χ3v) is 13.1. The Labute approximate surface area is 283 Å². The Balaban J connectivity index is 1.26. The minimum Gasteiger partial charge on any atom is -0.490 e. The van der Waals surface area contributed by atoms with Gasteiger partial charge in [0.1, 0.15) is 15.7 Å². The fourth-order valence-electron chi connectivity index (χ4n) is 8.08. The van der Waals surface area contributed by atoms with Gasteiger partial charge in [0.05, 0.1) is 24.2 Å². The van der Waals surface area contributed by atoms with E-state index in [0.29, 0.717) is 49.2 Å². The molecule has 0 saturated heterocycles. The van der Waals surface area contributed by atoms with Crippen LogP contribution in [0.1, 0.15) is 85.7 Å². The highest BCUT2D eigenvalue weighted by molar-refractivity contribution is 7.92. The van der Waals surface area contributed by atoms with Crippen LogP contribution < -0.4 is 14.4 Å². The molecular formula is C37H46ClN3O5S. The van der Waals surface area contributed by atoms with Gasteiger partial charge in [-0.2, -0.15) is 0 Å². The van der Waals surface area contributed by atoms with Gasteiger partial charge in [0.2, 0.25) is 5.91 Å². The number of carbonyl (C=O) groups excluding carboxylic acids is 2. The van der Waals surface area contributed by atoms with Crippen molar-refractivity contribution < 1.29 is 23.3 Å². The zero-order chi connectivity index (χ0) is 32.6. The maximum Gasteiger partial charge on any atom is 0.286 e. The molecule has 2 aromatic rings. The number of allylic oxidation sites excluding steroid dienone is 1. The summed E-state index contributed by atoms with van der Waals surface area (Å²) in [5, 5.41) is 0.752. The highest BCUT2D eigenvalue weighted by Gasteiger charge is 2.44. The summed E-state index contributed by atoms with van der Waals surface area (Å²) in [7, 11) is -1.54. The van der Waals surface area contributed by atoms with Gasteiger partial charge in [0.15, 0.2) is 0 Å². The van der Waals surface area contributed by atoms with Crippen LogP contribution in [0.3, 0.4) is 0 Å². The van der Waals surface area contributed by atoms with E-state index in [4.69, 9.17) is 21.1 Å². The van der Waals surface area contributed by atoms with Crippen molar-refractivity contribution in [2.24, 2.45) is 22.1 Å². The molecule has 252 valence electrons. The molecule has 2 amide bonds. The van der Waals surface area contributed by atoms with Crippen molar-refractivity contribution in [2.45, 2.75) is 82.1 Å². The lowest BCUT2D eigenvalue weighted by molar-refractivity contribution is -0.119. The van der Waals surface area contributed by atoms with Crippen molar-refractivity contribution >= 4 is 39.0 Å². The fourth-order valence-corrected chi connectivity index (χ4v) is 9.91. The molecule has 8 nitrogen and oxygen atoms in total. The predicted molar refractivity (Wildman–Crippen MR) is 185 cm³/mol. The highest BCUT2D eigenvalue weighted by atomic mass is 35.5. The first-order chi connectivity index (χ1) is 22.7. The SMILES string of the molecule is CO[C@H]1/C=C/CCCS(=O)(NC(=O)CCC2CC2)=NC(=O)c2ccc3c(c2)N(C[C@@H]2CC[C@H]21)C[C@@]1(CCCc2cc(Cl)ccc21)CO3. The molecule has 0 radical (unpaired) electrons. The lowest BCUT2D eigenvalue weighted by atomic mass is 9.68. The minimum absolute atomic E-state index is 0.0139. The second kappa shape index (κ2) is 13.6. The van der Waals surface area contributed by atoms with Gasteiger partial charge in [-0.15, -0.1) is 4.36 Å². The van der Waals surface area contributed by atoms with Gasteiger partial charge in [-0.25, -0.2) is 4.21 Å². The molecule has 1 spiro atoms. The van der Waals surface area contributed by atoms with E-state index in [1.807, 2.05) is 18.2 Å². The molecular weight excluding hydrogens is 634 g/mol. The van der Waals surface area contributed by atoms with Crippen molar-refractivity contribution in [1.82, 2.24) is 4.72 Å². The van der Waals surface area contributed by atoms with Gasteiger partial charge in [-0.1, -0.05) is 42.7 Å². The number of hydrogen-bond donors (Lipinski definition) is 1. The molecule has 10 heteroatoms. The standard InChI is InChI=1S/C37H46ClN3O5S/c1-45-33-7-3-2-4-19-47(44,39-35(42)17-10-25-8-9-25)40-36(43)27-12-16-34-32(21-27)41(22-28-11-14-30(28)33)23-37(24-46-34)18-5-6-26-20-29(38)13-15-31(26)37/h3,7,12-13,15-16,20-21,25,28,30,33H,2,4-6,8-11,14,17-19,22-24H2,1H3,(H,39,40,42,43,44)/b7-3+/t28-,30+,33-,37-,47?/m0/s1. The van der Waals surface area contributed by atoms with Crippen molar-refractivity contribution in [3.63, 3.8) is 0 Å². The minimum atomic E-state index is -3.32. The normalized spacial score (nSPS) is 31.3. The van der Waals surface area contributed by atoms with Crippen LogP contribution in [0.4, 0.5) is 5.69 Å². The van der Waals surface area contributed by atoms with Gasteiger partial charge in [-0.05, 0) is 111 Å². The number of benzene rings is 2. The second-order valence-electron chi connectivity index (χ2n) is 14.3. The van der Waals surface area contributed by atoms with Crippen LogP contribution in [0.25, 0.3) is 0 Å². The smallest absolute Gasteiger partial charge is 0.286 e. The van der Waals surface area contributed by atoms with Crippen LogP contribution in [0.2, 0.25) is 5.02 Å². The average Bonchev–Trinajstić information content (AvgIpc) is 3.88. The highest BCUT2D eigenvalue weighted by Crippen LogP contribution is 2.47. The van der Waals surface area contributed by atoms with Crippen LogP contribution in [0, 0.1) is 17.8 Å². The average molecular weight is 680 g/mol. The van der Waals surface area contributed by atoms with Crippen molar-refractivity contribution in [3.8, 4) is 5.75 Å². The molecule has 2 saturated carbocycles. The van der Waals surface area contributed by atoms with Gasteiger partial charge in [0.25, 0.3) is 5.91 Å². The van der Waals surface area contributed by atoms with E-state index in [2.05, 4.69) is 38.3 Å². The van der Waals surface area contributed by atoms with E-state index in [0.717, 1.165) is 80.9 Å². The molecule has 1 unspecified atom stereocenters. The second-order valence-corrected chi connectivity index (χ2v) is 16.8. The summed E-state index contributed by atoms with van der Waals surface area (Å²) >= 11 is 6.44. The van der Waals surface area contributed by atoms with Crippen molar-refractivity contribution in [2.75, 3.05) is 37.5 Å². The van der Waals surface area contributed by atoms with Crippen molar-refractivity contribution in [3.05, 3.63) is 70.3 Å². The zero-order valence-corrected chi connectivity index (χ0v) is 28.8. The number of fused-ring (bicyclic) bond motifs is 4. The Bertz CT molecular complexity index is 1680. The number of anilines is 1. The molecule has 5 atom stereocenters. The van der Waals surface area contributed by atoms with E-state index in [1.165, 1.54) is 11.1 Å². The number of amides is 2. The number of rotatable bonds is 5. The van der Waals surface area contributed by atoms with E-state index >= 15 is 0 Å². The van der Waals surface area contributed by atoms with Crippen LogP contribution in [-0.2, 0) is 31.3 Å². The quantitative estimate of drug-likeness (QED) is 0.341. The molecule has 47 heavy (non-hydrogen) atoms. The first kappa shape index (κ1) is 32.7. The predicted octanol–water partition coefficient (Wildman–Crippen LogP) is 7.03. The van der Waals surface area contributed by atoms with Crippen LogP contribution in [-0.4, -0.2) is 54.7 Å². The Kier molecular flexibility index (Phi) is 9.42. The molecule has 0 aromatic heterocycles. The van der Waals surface area contributed by atoms with Crippen LogP contribution in [0.5, 0.6) is 5.75 Å². The Morgan fingerprint density at radius 2 is 2.04 bits per heavy atom. The van der Waals surface area contributed by atoms with E-state index < -0.39 is 15.8 Å². The van der Waals surface area contributed by atoms with Gasteiger partial charge in [-0.3, -0.25) is 14.3 Å². The molecule has 2 heterocycles. The topological polar surface area (TPSA) is 97.3 Å². The third kappa shape index (κ3) is 7.13. The number of ether oxygens (including phenoxy) is 2. The molecule has 2 aromatic carbocycles. The molecule has 2 aliphatic heterocycles. The van der Waals surface area contributed by atoms with Crippen LogP contribution >= 0.6 is 11.6 Å². The number of hydrogen-bond acceptors (Lipinski definition) is 6. The maximum atomic E-state index is 14.1. The summed E-state index contributed by atoms with van der Waals surface area (Å²) in [6, 6.07) is 11.7. The van der Waals surface area contributed by atoms with Gasteiger partial charge >= 0.3 is 0 Å². The molecule has 2 bridgehead atoms. The summed E-state index contributed by atoms with van der Waals surface area (Å²) in [6.45, 7) is 2.08. The number of nitrogens with zero attached hydrogens (tertiary/aromatic N) is 2. The Morgan fingerprint density at radius 3 is 2.83 bits per heavy atom. The molecule has 5 aliphatic rings. The summed E-state index contributed by atoms with van der Waals surface area (Å²) in [6.07, 6.45) is 14.0. The van der Waals surface area contributed by atoms with E-state index in [1.54, 1.807) is 13.2 Å². The molecule has 7 rings (SSSR count). The molecule has 1 N–H and O–H groups in total. The molecule has 3 aliphatic carbocycles. The Hall–Kier alpha value is -2.88. The third-order valence-electron chi connectivity index (χ3n) is 11.0. The zero-order valence-electron chi connectivity index (χ0n) is 27.3. The van der Waals surface area contributed by atoms with E-state index in [-0.39, 0.29) is 23.2 Å². The van der Waals surface area contributed by atoms with Crippen LogP contribution in [0.15, 0.2) is 52.9 Å².